The summed E-state index contributed by atoms with van der Waals surface area (Å²) >= 11 is 0. The minimum absolute atomic E-state index is 0.123. The van der Waals surface area contributed by atoms with Gasteiger partial charge in [-0.1, -0.05) is 6.92 Å². The van der Waals surface area contributed by atoms with Crippen molar-refractivity contribution < 1.29 is 23.8 Å². The molecule has 0 aromatic heterocycles. The van der Waals surface area contributed by atoms with Crippen molar-refractivity contribution in [3.8, 4) is 5.75 Å². The van der Waals surface area contributed by atoms with Gasteiger partial charge in [-0.2, -0.15) is 0 Å². The van der Waals surface area contributed by atoms with Gasteiger partial charge in [0, 0.05) is 19.8 Å². The van der Waals surface area contributed by atoms with Gasteiger partial charge in [0.15, 0.2) is 0 Å². The summed E-state index contributed by atoms with van der Waals surface area (Å²) in [7, 11) is 0. The van der Waals surface area contributed by atoms with Gasteiger partial charge in [0.25, 0.3) is 0 Å². The second-order valence-electron chi connectivity index (χ2n) is 6.90. The van der Waals surface area contributed by atoms with Crippen molar-refractivity contribution in [2.75, 3.05) is 0 Å². The fourth-order valence-electron chi connectivity index (χ4n) is 4.09. The molecule has 5 heteroatoms. The predicted octanol–water partition coefficient (Wildman–Crippen LogP) is 3.39. The number of hydrogen-bond acceptors (Lipinski definition) is 5. The van der Waals surface area contributed by atoms with E-state index in [1.54, 1.807) is 0 Å². The Bertz CT molecular complexity index is 693. The van der Waals surface area contributed by atoms with Gasteiger partial charge in [0.2, 0.25) is 6.29 Å². The topological polar surface area (TPSA) is 61.8 Å². The zero-order chi connectivity index (χ0) is 17.6. The summed E-state index contributed by atoms with van der Waals surface area (Å²) in [6.07, 6.45) is 1.33. The number of carbonyl (C=O) groups is 2. The first-order valence-electron chi connectivity index (χ1n) is 8.43. The van der Waals surface area contributed by atoms with Crippen molar-refractivity contribution in [1.82, 2.24) is 0 Å². The van der Waals surface area contributed by atoms with Crippen LogP contribution in [0.5, 0.6) is 5.75 Å². The second-order valence-corrected chi connectivity index (χ2v) is 6.90. The lowest BCUT2D eigenvalue weighted by atomic mass is 9.74. The van der Waals surface area contributed by atoms with E-state index < -0.39 is 6.29 Å². The Morgan fingerprint density at radius 3 is 2.54 bits per heavy atom. The van der Waals surface area contributed by atoms with E-state index in [0.29, 0.717) is 11.7 Å². The molecule has 1 saturated heterocycles. The van der Waals surface area contributed by atoms with Gasteiger partial charge in [-0.25, -0.2) is 0 Å². The zero-order valence-electron chi connectivity index (χ0n) is 14.8. The van der Waals surface area contributed by atoms with Crippen molar-refractivity contribution in [2.45, 2.75) is 59.9 Å². The molecule has 4 atom stereocenters. The standard InChI is InChI=1S/C19H24O5/c1-9-8-16(22-12(4)20)11(3)17-14(9)6-7-15-10(2)19(23-13(5)21)24-18(15)17/h8,10,15,18-19H,6-7H2,1-5H3. The molecule has 4 unspecified atom stereocenters. The molecule has 1 heterocycles. The summed E-state index contributed by atoms with van der Waals surface area (Å²) in [5.74, 6) is 0.374. The fraction of sp³-hybridized carbons (Fsp3) is 0.579. The predicted molar refractivity (Wildman–Crippen MR) is 87.6 cm³/mol. The van der Waals surface area contributed by atoms with Crippen LogP contribution >= 0.6 is 0 Å². The summed E-state index contributed by atoms with van der Waals surface area (Å²) in [4.78, 5) is 22.7. The Morgan fingerprint density at radius 2 is 1.92 bits per heavy atom. The largest absolute Gasteiger partial charge is 0.436 e. The van der Waals surface area contributed by atoms with E-state index in [1.807, 2.05) is 19.9 Å². The number of carbonyl (C=O) groups excluding carboxylic acids is 2. The van der Waals surface area contributed by atoms with Crippen molar-refractivity contribution >= 4 is 11.9 Å². The average Bonchev–Trinajstić information content (AvgIpc) is 2.79. The highest BCUT2D eigenvalue weighted by molar-refractivity contribution is 5.70. The molecule has 0 bridgehead atoms. The van der Waals surface area contributed by atoms with Crippen molar-refractivity contribution in [3.05, 3.63) is 28.3 Å². The van der Waals surface area contributed by atoms with E-state index in [4.69, 9.17) is 14.2 Å². The summed E-state index contributed by atoms with van der Waals surface area (Å²) < 4.78 is 16.9. The van der Waals surface area contributed by atoms with Crippen molar-refractivity contribution in [2.24, 2.45) is 11.8 Å². The van der Waals surface area contributed by atoms with Crippen LogP contribution in [0.3, 0.4) is 0 Å². The lowest BCUT2D eigenvalue weighted by Gasteiger charge is -2.31. The molecular weight excluding hydrogens is 308 g/mol. The molecule has 1 aliphatic heterocycles. The molecule has 24 heavy (non-hydrogen) atoms. The number of rotatable bonds is 2. The average molecular weight is 332 g/mol. The number of ether oxygens (including phenoxy) is 3. The third-order valence-corrected chi connectivity index (χ3v) is 5.24. The number of aryl methyl sites for hydroxylation is 1. The lowest BCUT2D eigenvalue weighted by Crippen LogP contribution is -2.24. The highest BCUT2D eigenvalue weighted by Gasteiger charge is 2.47. The molecule has 2 aliphatic rings. The van der Waals surface area contributed by atoms with E-state index in [2.05, 4.69) is 6.92 Å². The van der Waals surface area contributed by atoms with Crippen molar-refractivity contribution in [3.63, 3.8) is 0 Å². The van der Waals surface area contributed by atoms with Crippen molar-refractivity contribution in [1.29, 1.82) is 0 Å². The van der Waals surface area contributed by atoms with Crippen LogP contribution in [0.1, 0.15) is 55.5 Å². The molecule has 0 radical (unpaired) electrons. The Morgan fingerprint density at radius 1 is 1.21 bits per heavy atom. The molecular formula is C19H24O5. The summed E-state index contributed by atoms with van der Waals surface area (Å²) in [6, 6.07) is 1.93. The van der Waals surface area contributed by atoms with Gasteiger partial charge in [-0.3, -0.25) is 9.59 Å². The monoisotopic (exact) mass is 332 g/mol. The summed E-state index contributed by atoms with van der Waals surface area (Å²) in [5, 5.41) is 0. The maximum Gasteiger partial charge on any atom is 0.308 e. The SMILES string of the molecule is CC(=O)Oc1cc(C)c2c(c1C)C1OC(OC(C)=O)C(C)C1CC2. The minimum Gasteiger partial charge on any atom is -0.436 e. The third kappa shape index (κ3) is 2.81. The van der Waals surface area contributed by atoms with E-state index in [1.165, 1.54) is 19.4 Å². The second kappa shape index (κ2) is 6.20. The molecule has 1 aromatic rings. The highest BCUT2D eigenvalue weighted by atomic mass is 16.7. The Kier molecular flexibility index (Phi) is 4.38. The van der Waals surface area contributed by atoms with Gasteiger partial charge in [-0.15, -0.1) is 0 Å². The minimum atomic E-state index is -0.513. The van der Waals surface area contributed by atoms with Crippen LogP contribution in [0, 0.1) is 25.7 Å². The van der Waals surface area contributed by atoms with Crippen LogP contribution in [-0.2, 0) is 25.5 Å². The van der Waals surface area contributed by atoms with E-state index >= 15 is 0 Å². The molecule has 0 spiro atoms. The molecule has 0 amide bonds. The first-order chi connectivity index (χ1) is 11.3. The first kappa shape index (κ1) is 17.0. The quantitative estimate of drug-likeness (QED) is 0.614. The molecule has 1 aliphatic carbocycles. The summed E-state index contributed by atoms with van der Waals surface area (Å²) in [6.45, 7) is 8.88. The third-order valence-electron chi connectivity index (χ3n) is 5.24. The van der Waals surface area contributed by atoms with Gasteiger partial charge in [-0.05, 0) is 60.9 Å². The molecule has 1 fully saturated rings. The highest BCUT2D eigenvalue weighted by Crippen LogP contribution is 2.51. The molecule has 0 saturated carbocycles. The van der Waals surface area contributed by atoms with E-state index in [0.717, 1.165) is 29.5 Å². The Balaban J connectivity index is 2.02. The Labute approximate surface area is 142 Å². The van der Waals surface area contributed by atoms with Crippen LogP contribution in [0.2, 0.25) is 0 Å². The number of esters is 2. The molecule has 5 nitrogen and oxygen atoms in total. The number of benzene rings is 1. The van der Waals surface area contributed by atoms with Crippen LogP contribution in [0.4, 0.5) is 0 Å². The Hall–Kier alpha value is -1.88. The molecule has 1 aromatic carbocycles. The maximum atomic E-state index is 11.4. The van der Waals surface area contributed by atoms with Gasteiger partial charge in [0.05, 0.1) is 6.10 Å². The fourth-order valence-corrected chi connectivity index (χ4v) is 4.09. The van der Waals surface area contributed by atoms with Gasteiger partial charge in [0.1, 0.15) is 5.75 Å². The van der Waals surface area contributed by atoms with Crippen LogP contribution in [-0.4, -0.2) is 18.2 Å². The molecule has 0 N–H and O–H groups in total. The normalized spacial score (nSPS) is 28.0. The van der Waals surface area contributed by atoms with Crippen LogP contribution in [0.25, 0.3) is 0 Å². The van der Waals surface area contributed by atoms with Crippen LogP contribution < -0.4 is 4.74 Å². The molecule has 3 rings (SSSR count). The maximum absolute atomic E-state index is 11.4. The van der Waals surface area contributed by atoms with Crippen LogP contribution in [0.15, 0.2) is 6.07 Å². The summed E-state index contributed by atoms with van der Waals surface area (Å²) in [5.41, 5.74) is 4.41. The first-order valence-corrected chi connectivity index (χ1v) is 8.43. The number of hydrogen-bond donors (Lipinski definition) is 0. The number of fused-ring (bicyclic) bond motifs is 3. The van der Waals surface area contributed by atoms with E-state index in [9.17, 15) is 9.59 Å². The lowest BCUT2D eigenvalue weighted by molar-refractivity contribution is -0.178. The molecule has 130 valence electrons. The zero-order valence-corrected chi connectivity index (χ0v) is 14.8. The van der Waals surface area contributed by atoms with Gasteiger partial charge >= 0.3 is 11.9 Å². The smallest absolute Gasteiger partial charge is 0.308 e. The van der Waals surface area contributed by atoms with Gasteiger partial charge < -0.3 is 14.2 Å². The van der Waals surface area contributed by atoms with E-state index in [-0.39, 0.29) is 24.0 Å².